The highest BCUT2D eigenvalue weighted by molar-refractivity contribution is 7.90. The Morgan fingerprint density at radius 3 is 1.77 bits per heavy atom. The van der Waals surface area contributed by atoms with Crippen molar-refractivity contribution in [2.45, 2.75) is 4.90 Å². The second-order valence-corrected chi connectivity index (χ2v) is 7.11. The smallest absolute Gasteiger partial charge is 0.175 e. The van der Waals surface area contributed by atoms with Crippen LogP contribution in [0.15, 0.2) is 47.4 Å². The average Bonchev–Trinajstić information content (AvgIpc) is 2.51. The van der Waals surface area contributed by atoms with Gasteiger partial charge in [0.05, 0.1) is 19.1 Å². The van der Waals surface area contributed by atoms with E-state index in [1.807, 2.05) is 24.3 Å². The molecule has 0 saturated carbocycles. The van der Waals surface area contributed by atoms with E-state index in [2.05, 4.69) is 0 Å². The van der Waals surface area contributed by atoms with Gasteiger partial charge < -0.3 is 9.47 Å². The fourth-order valence-electron chi connectivity index (χ4n) is 2.75. The Kier molecular flexibility index (Phi) is 3.45. The quantitative estimate of drug-likeness (QED) is 0.695. The number of fused-ring (bicyclic) bond motifs is 2. The third-order valence-electron chi connectivity index (χ3n) is 3.73. The van der Waals surface area contributed by atoms with E-state index in [0.717, 1.165) is 21.5 Å². The first-order chi connectivity index (χ1) is 10.5. The minimum atomic E-state index is -3.29. The first-order valence-electron chi connectivity index (χ1n) is 6.74. The summed E-state index contributed by atoms with van der Waals surface area (Å²) in [6.07, 6.45) is 1.19. The Morgan fingerprint density at radius 1 is 0.773 bits per heavy atom. The number of benzene rings is 3. The zero-order valence-electron chi connectivity index (χ0n) is 12.6. The molecule has 0 radical (unpaired) electrons. The summed E-state index contributed by atoms with van der Waals surface area (Å²) < 4.78 is 34.8. The second kappa shape index (κ2) is 5.18. The summed E-state index contributed by atoms with van der Waals surface area (Å²) in [4.78, 5) is 0.260. The van der Waals surface area contributed by atoms with Gasteiger partial charge in [0.1, 0.15) is 11.5 Å². The minimum absolute atomic E-state index is 0.260. The standard InChI is InChI=1S/C17H16O4S/c1-20-16-12-6-4-5-7-13(12)17(21-2)15-10-11(22(3,18)19)8-9-14(15)16/h4-10H,1-3H3. The molecule has 4 nitrogen and oxygen atoms in total. The fourth-order valence-corrected chi connectivity index (χ4v) is 3.40. The molecule has 0 atom stereocenters. The van der Waals surface area contributed by atoms with Gasteiger partial charge in [-0.2, -0.15) is 0 Å². The van der Waals surface area contributed by atoms with Crippen LogP contribution in [0, 0.1) is 0 Å². The van der Waals surface area contributed by atoms with Crippen LogP contribution in [-0.2, 0) is 9.84 Å². The van der Waals surface area contributed by atoms with Crippen LogP contribution in [0.4, 0.5) is 0 Å². The van der Waals surface area contributed by atoms with E-state index in [4.69, 9.17) is 9.47 Å². The van der Waals surface area contributed by atoms with Crippen LogP contribution in [0.2, 0.25) is 0 Å². The van der Waals surface area contributed by atoms with Gasteiger partial charge in [0, 0.05) is 27.8 Å². The van der Waals surface area contributed by atoms with E-state index in [1.54, 1.807) is 32.4 Å². The molecule has 0 aromatic heterocycles. The largest absolute Gasteiger partial charge is 0.495 e. The van der Waals surface area contributed by atoms with Crippen molar-refractivity contribution in [2.75, 3.05) is 20.5 Å². The Bertz CT molecular complexity index is 975. The van der Waals surface area contributed by atoms with Gasteiger partial charge in [-0.15, -0.1) is 0 Å². The van der Waals surface area contributed by atoms with Crippen LogP contribution in [0.5, 0.6) is 11.5 Å². The molecule has 0 saturated heterocycles. The Hall–Kier alpha value is -2.27. The molecule has 0 unspecified atom stereocenters. The monoisotopic (exact) mass is 316 g/mol. The second-order valence-electron chi connectivity index (χ2n) is 5.09. The van der Waals surface area contributed by atoms with Crippen molar-refractivity contribution in [3.8, 4) is 11.5 Å². The van der Waals surface area contributed by atoms with Gasteiger partial charge >= 0.3 is 0 Å². The van der Waals surface area contributed by atoms with E-state index in [-0.39, 0.29) is 4.90 Å². The molecule has 3 aromatic carbocycles. The van der Waals surface area contributed by atoms with Gasteiger partial charge in [-0.05, 0) is 18.2 Å². The molecule has 5 heteroatoms. The fraction of sp³-hybridized carbons (Fsp3) is 0.176. The molecule has 0 aliphatic heterocycles. The number of rotatable bonds is 3. The highest BCUT2D eigenvalue weighted by Crippen LogP contribution is 2.43. The molecule has 0 N–H and O–H groups in total. The van der Waals surface area contributed by atoms with Gasteiger partial charge in [0.2, 0.25) is 0 Å². The molecule has 0 amide bonds. The predicted molar refractivity (Wildman–Crippen MR) is 87.7 cm³/mol. The molecule has 114 valence electrons. The lowest BCUT2D eigenvalue weighted by Crippen LogP contribution is -1.98. The summed E-state index contributed by atoms with van der Waals surface area (Å²) in [5, 5.41) is 3.37. The maximum atomic E-state index is 11.8. The molecule has 0 fully saturated rings. The molecule has 0 aliphatic carbocycles. The van der Waals surface area contributed by atoms with Crippen LogP contribution in [-0.4, -0.2) is 28.9 Å². The van der Waals surface area contributed by atoms with Crippen molar-refractivity contribution in [1.29, 1.82) is 0 Å². The summed E-state index contributed by atoms with van der Waals surface area (Å²) in [5.41, 5.74) is 0. The average molecular weight is 316 g/mol. The van der Waals surface area contributed by atoms with Gasteiger partial charge in [-0.25, -0.2) is 8.42 Å². The molecule has 3 aromatic rings. The Balaban J connectivity index is 2.56. The third kappa shape index (κ3) is 2.18. The maximum absolute atomic E-state index is 11.8. The normalized spacial score (nSPS) is 11.8. The number of methoxy groups -OCH3 is 2. The van der Waals surface area contributed by atoms with Crippen molar-refractivity contribution in [3.05, 3.63) is 42.5 Å². The molecular formula is C17H16O4S. The zero-order valence-corrected chi connectivity index (χ0v) is 13.4. The summed E-state index contributed by atoms with van der Waals surface area (Å²) in [7, 11) is -0.0951. The number of hydrogen-bond acceptors (Lipinski definition) is 4. The van der Waals surface area contributed by atoms with Crippen molar-refractivity contribution >= 4 is 31.4 Å². The lowest BCUT2D eigenvalue weighted by molar-refractivity contribution is 0.417. The molecule has 22 heavy (non-hydrogen) atoms. The van der Waals surface area contributed by atoms with Gasteiger partial charge in [0.15, 0.2) is 9.84 Å². The molecule has 0 aliphatic rings. The molecule has 0 bridgehead atoms. The first kappa shape index (κ1) is 14.7. The van der Waals surface area contributed by atoms with Crippen molar-refractivity contribution < 1.29 is 17.9 Å². The molecule has 0 spiro atoms. The zero-order chi connectivity index (χ0) is 15.9. The van der Waals surface area contributed by atoms with Crippen molar-refractivity contribution in [3.63, 3.8) is 0 Å². The lowest BCUT2D eigenvalue weighted by Gasteiger charge is -2.15. The number of hydrogen-bond donors (Lipinski definition) is 0. The lowest BCUT2D eigenvalue weighted by atomic mass is 10.0. The number of sulfone groups is 1. The van der Waals surface area contributed by atoms with Gasteiger partial charge in [-0.3, -0.25) is 0 Å². The third-order valence-corrected chi connectivity index (χ3v) is 4.84. The van der Waals surface area contributed by atoms with E-state index in [9.17, 15) is 8.42 Å². The van der Waals surface area contributed by atoms with E-state index >= 15 is 0 Å². The highest BCUT2D eigenvalue weighted by Gasteiger charge is 2.17. The van der Waals surface area contributed by atoms with Crippen LogP contribution >= 0.6 is 0 Å². The SMILES string of the molecule is COc1c2ccccc2c(OC)c2cc(S(C)(=O)=O)ccc12. The van der Waals surface area contributed by atoms with Gasteiger partial charge in [0.25, 0.3) is 0 Å². The molecular weight excluding hydrogens is 300 g/mol. The Labute approximate surface area is 129 Å². The number of ether oxygens (including phenoxy) is 2. The van der Waals surface area contributed by atoms with Crippen molar-refractivity contribution in [1.82, 2.24) is 0 Å². The van der Waals surface area contributed by atoms with Crippen LogP contribution < -0.4 is 9.47 Å². The molecule has 0 heterocycles. The minimum Gasteiger partial charge on any atom is -0.495 e. The maximum Gasteiger partial charge on any atom is 0.175 e. The van der Waals surface area contributed by atoms with Crippen LogP contribution in [0.3, 0.4) is 0 Å². The highest BCUT2D eigenvalue weighted by atomic mass is 32.2. The topological polar surface area (TPSA) is 52.6 Å². The van der Waals surface area contributed by atoms with Crippen LogP contribution in [0.25, 0.3) is 21.5 Å². The molecule has 3 rings (SSSR count). The predicted octanol–water partition coefficient (Wildman–Crippen LogP) is 3.41. The van der Waals surface area contributed by atoms with Crippen molar-refractivity contribution in [2.24, 2.45) is 0 Å². The first-order valence-corrected chi connectivity index (χ1v) is 8.63. The van der Waals surface area contributed by atoms with Gasteiger partial charge in [-0.1, -0.05) is 24.3 Å². The Morgan fingerprint density at radius 2 is 1.27 bits per heavy atom. The summed E-state index contributed by atoms with van der Waals surface area (Å²) in [6.45, 7) is 0. The summed E-state index contributed by atoms with van der Waals surface area (Å²) in [6, 6.07) is 12.7. The summed E-state index contributed by atoms with van der Waals surface area (Å²) in [5.74, 6) is 1.36. The van der Waals surface area contributed by atoms with E-state index in [0.29, 0.717) is 11.5 Å². The van der Waals surface area contributed by atoms with Crippen LogP contribution in [0.1, 0.15) is 0 Å². The van der Waals surface area contributed by atoms with E-state index in [1.165, 1.54) is 6.26 Å². The van der Waals surface area contributed by atoms with E-state index < -0.39 is 9.84 Å². The summed E-state index contributed by atoms with van der Waals surface area (Å²) >= 11 is 0.